The van der Waals surface area contributed by atoms with E-state index in [1.165, 1.54) is 6.08 Å². The van der Waals surface area contributed by atoms with Crippen LogP contribution < -0.4 is 14.8 Å². The summed E-state index contributed by atoms with van der Waals surface area (Å²) in [6, 6.07) is 14.7. The highest BCUT2D eigenvalue weighted by Gasteiger charge is 1.99. The third-order valence-corrected chi connectivity index (χ3v) is 2.98. The summed E-state index contributed by atoms with van der Waals surface area (Å²) in [4.78, 5) is 11.9. The number of carbonyl (C=O) groups excluding carboxylic acids is 1. The minimum absolute atomic E-state index is 0.181. The molecule has 0 fully saturated rings. The van der Waals surface area contributed by atoms with E-state index in [4.69, 9.17) is 9.47 Å². The lowest BCUT2D eigenvalue weighted by atomic mass is 10.2. The van der Waals surface area contributed by atoms with Gasteiger partial charge in [0.2, 0.25) is 5.91 Å². The smallest absolute Gasteiger partial charge is 0.248 e. The van der Waals surface area contributed by atoms with Crippen LogP contribution in [0.5, 0.6) is 11.5 Å². The molecule has 0 radical (unpaired) electrons. The lowest BCUT2D eigenvalue weighted by Crippen LogP contribution is -2.07. The van der Waals surface area contributed by atoms with Gasteiger partial charge in [-0.25, -0.2) is 0 Å². The summed E-state index contributed by atoms with van der Waals surface area (Å²) in [5.41, 5.74) is 1.66. The number of amides is 1. The molecule has 0 aliphatic heterocycles. The Balaban J connectivity index is 1.92. The molecule has 2 aromatic carbocycles. The first-order chi connectivity index (χ1) is 10.7. The molecule has 114 valence electrons. The lowest BCUT2D eigenvalue weighted by Gasteiger charge is -2.05. The van der Waals surface area contributed by atoms with E-state index in [1.54, 1.807) is 13.2 Å². The average Bonchev–Trinajstić information content (AvgIpc) is 2.55. The first-order valence-corrected chi connectivity index (χ1v) is 7.07. The van der Waals surface area contributed by atoms with Crippen LogP contribution in [0.15, 0.2) is 54.6 Å². The zero-order valence-electron chi connectivity index (χ0n) is 12.7. The molecule has 4 nitrogen and oxygen atoms in total. The maximum Gasteiger partial charge on any atom is 0.248 e. The molecule has 0 saturated carbocycles. The number of nitrogens with one attached hydrogen (secondary N) is 1. The summed E-state index contributed by atoms with van der Waals surface area (Å²) in [6.07, 6.45) is 3.25. The number of carbonyl (C=O) groups is 1. The monoisotopic (exact) mass is 297 g/mol. The third-order valence-electron chi connectivity index (χ3n) is 2.98. The van der Waals surface area contributed by atoms with Crippen LogP contribution >= 0.6 is 0 Å². The Morgan fingerprint density at radius 1 is 1.05 bits per heavy atom. The maximum atomic E-state index is 11.9. The number of ether oxygens (including phenoxy) is 2. The maximum absolute atomic E-state index is 11.9. The van der Waals surface area contributed by atoms with Crippen LogP contribution in [0.25, 0.3) is 6.08 Å². The van der Waals surface area contributed by atoms with Crippen molar-refractivity contribution in [3.63, 3.8) is 0 Å². The molecule has 0 aliphatic rings. The topological polar surface area (TPSA) is 47.6 Å². The van der Waals surface area contributed by atoms with Crippen LogP contribution in [0.4, 0.5) is 5.69 Å². The zero-order valence-corrected chi connectivity index (χ0v) is 12.7. The molecule has 1 amide bonds. The van der Waals surface area contributed by atoms with Crippen molar-refractivity contribution >= 4 is 17.7 Å². The number of rotatable bonds is 6. The van der Waals surface area contributed by atoms with Crippen LogP contribution in [0.3, 0.4) is 0 Å². The van der Waals surface area contributed by atoms with Gasteiger partial charge >= 0.3 is 0 Å². The fourth-order valence-corrected chi connectivity index (χ4v) is 1.87. The van der Waals surface area contributed by atoms with Gasteiger partial charge in [0.1, 0.15) is 11.5 Å². The Labute approximate surface area is 130 Å². The van der Waals surface area contributed by atoms with Crippen molar-refractivity contribution in [1.82, 2.24) is 0 Å². The molecule has 4 heteroatoms. The minimum Gasteiger partial charge on any atom is -0.497 e. The Kier molecular flexibility index (Phi) is 5.60. The van der Waals surface area contributed by atoms with E-state index < -0.39 is 0 Å². The quantitative estimate of drug-likeness (QED) is 0.826. The van der Waals surface area contributed by atoms with Gasteiger partial charge in [-0.15, -0.1) is 0 Å². The van der Waals surface area contributed by atoms with E-state index in [-0.39, 0.29) is 5.91 Å². The van der Waals surface area contributed by atoms with Gasteiger partial charge < -0.3 is 14.8 Å². The highest BCUT2D eigenvalue weighted by molar-refractivity contribution is 6.01. The predicted molar refractivity (Wildman–Crippen MR) is 88.3 cm³/mol. The number of hydrogen-bond acceptors (Lipinski definition) is 3. The number of methoxy groups -OCH3 is 1. The minimum atomic E-state index is -0.181. The second-order valence-electron chi connectivity index (χ2n) is 4.55. The van der Waals surface area contributed by atoms with Crippen molar-refractivity contribution in [3.05, 3.63) is 60.2 Å². The van der Waals surface area contributed by atoms with Crippen molar-refractivity contribution in [2.75, 3.05) is 19.0 Å². The van der Waals surface area contributed by atoms with Gasteiger partial charge in [-0.2, -0.15) is 0 Å². The van der Waals surface area contributed by atoms with E-state index in [2.05, 4.69) is 5.32 Å². The lowest BCUT2D eigenvalue weighted by molar-refractivity contribution is -0.111. The number of hydrogen-bond donors (Lipinski definition) is 1. The fraction of sp³-hybridized carbons (Fsp3) is 0.167. The van der Waals surface area contributed by atoms with Crippen molar-refractivity contribution in [1.29, 1.82) is 0 Å². The highest BCUT2D eigenvalue weighted by atomic mass is 16.5. The van der Waals surface area contributed by atoms with Crippen molar-refractivity contribution in [3.8, 4) is 11.5 Å². The molecule has 0 aliphatic carbocycles. The SMILES string of the molecule is CCOc1ccc(NC(=O)C=Cc2ccc(OC)cc2)cc1. The molecule has 0 unspecified atom stereocenters. The van der Waals surface area contributed by atoms with E-state index in [1.807, 2.05) is 55.5 Å². The third kappa shape index (κ3) is 4.66. The molecule has 0 atom stereocenters. The Morgan fingerprint density at radius 2 is 1.68 bits per heavy atom. The molecular formula is C18H19NO3. The van der Waals surface area contributed by atoms with Crippen LogP contribution in [-0.4, -0.2) is 19.6 Å². The Bertz CT molecular complexity index is 630. The fourth-order valence-electron chi connectivity index (χ4n) is 1.87. The summed E-state index contributed by atoms with van der Waals surface area (Å²) in [5.74, 6) is 1.39. The van der Waals surface area contributed by atoms with Gasteiger partial charge in [-0.3, -0.25) is 4.79 Å². The van der Waals surface area contributed by atoms with Gasteiger partial charge in [0.05, 0.1) is 13.7 Å². The molecule has 2 rings (SSSR count). The van der Waals surface area contributed by atoms with Crippen molar-refractivity contribution in [2.24, 2.45) is 0 Å². The van der Waals surface area contributed by atoms with E-state index in [9.17, 15) is 4.79 Å². The van der Waals surface area contributed by atoms with Crippen LogP contribution in [0, 0.1) is 0 Å². The van der Waals surface area contributed by atoms with E-state index >= 15 is 0 Å². The second-order valence-corrected chi connectivity index (χ2v) is 4.55. The first-order valence-electron chi connectivity index (χ1n) is 7.07. The van der Waals surface area contributed by atoms with Crippen molar-refractivity contribution < 1.29 is 14.3 Å². The normalized spacial score (nSPS) is 10.5. The molecule has 0 aromatic heterocycles. The van der Waals surface area contributed by atoms with Gasteiger partial charge in [-0.1, -0.05) is 12.1 Å². The summed E-state index contributed by atoms with van der Waals surface area (Å²) < 4.78 is 10.4. The molecule has 0 heterocycles. The number of benzene rings is 2. The van der Waals surface area contributed by atoms with Crippen LogP contribution in [0.1, 0.15) is 12.5 Å². The second kappa shape index (κ2) is 7.88. The van der Waals surface area contributed by atoms with Crippen LogP contribution in [-0.2, 0) is 4.79 Å². The molecule has 1 N–H and O–H groups in total. The van der Waals surface area contributed by atoms with Gasteiger partial charge in [0.25, 0.3) is 0 Å². The molecule has 0 spiro atoms. The summed E-state index contributed by atoms with van der Waals surface area (Å²) in [7, 11) is 1.62. The molecule has 0 bridgehead atoms. The first kappa shape index (κ1) is 15.6. The van der Waals surface area contributed by atoms with Gasteiger partial charge in [0, 0.05) is 11.8 Å². The van der Waals surface area contributed by atoms with E-state index in [0.29, 0.717) is 6.61 Å². The van der Waals surface area contributed by atoms with E-state index in [0.717, 1.165) is 22.7 Å². The highest BCUT2D eigenvalue weighted by Crippen LogP contribution is 2.16. The zero-order chi connectivity index (χ0) is 15.8. The van der Waals surface area contributed by atoms with Gasteiger partial charge in [-0.05, 0) is 55.0 Å². The Morgan fingerprint density at radius 3 is 2.27 bits per heavy atom. The van der Waals surface area contributed by atoms with Gasteiger partial charge in [0.15, 0.2) is 0 Å². The summed E-state index contributed by atoms with van der Waals surface area (Å²) >= 11 is 0. The van der Waals surface area contributed by atoms with Crippen LogP contribution in [0.2, 0.25) is 0 Å². The number of anilines is 1. The Hall–Kier alpha value is -2.75. The predicted octanol–water partition coefficient (Wildman–Crippen LogP) is 3.75. The van der Waals surface area contributed by atoms with Crippen molar-refractivity contribution in [2.45, 2.75) is 6.92 Å². The molecule has 22 heavy (non-hydrogen) atoms. The molecule has 0 saturated heterocycles. The standard InChI is InChI=1S/C18H19NO3/c1-3-22-17-11-7-15(8-12-17)19-18(20)13-6-14-4-9-16(21-2)10-5-14/h4-13H,3H2,1-2H3,(H,19,20). The summed E-state index contributed by atoms with van der Waals surface area (Å²) in [5, 5.41) is 2.80. The largest absolute Gasteiger partial charge is 0.497 e. The summed E-state index contributed by atoms with van der Waals surface area (Å²) in [6.45, 7) is 2.55. The molecule has 2 aromatic rings. The molecular weight excluding hydrogens is 278 g/mol. The average molecular weight is 297 g/mol.